The summed E-state index contributed by atoms with van der Waals surface area (Å²) in [5, 5.41) is 2.89. The number of alkyl halides is 1. The highest BCUT2D eigenvalue weighted by Gasteiger charge is 2.10. The topological polar surface area (TPSA) is 84.0 Å². The summed E-state index contributed by atoms with van der Waals surface area (Å²) in [6, 6.07) is 7.43. The van der Waals surface area contributed by atoms with Crippen LogP contribution in [0.2, 0.25) is 5.02 Å². The van der Waals surface area contributed by atoms with Crippen molar-refractivity contribution < 1.29 is 4.79 Å². The van der Waals surface area contributed by atoms with Crippen LogP contribution in [0, 0.1) is 0 Å². The van der Waals surface area contributed by atoms with Crippen molar-refractivity contribution in [2.24, 2.45) is 0 Å². The second-order valence-electron chi connectivity index (χ2n) is 3.82. The quantitative estimate of drug-likeness (QED) is 0.839. The molecule has 0 atom stereocenters. The van der Waals surface area contributed by atoms with Crippen molar-refractivity contribution in [3.63, 3.8) is 0 Å². The minimum atomic E-state index is -0.676. The fourth-order valence-corrected chi connectivity index (χ4v) is 1.80. The predicted molar refractivity (Wildman–Crippen MR) is 77.0 cm³/mol. The Balaban J connectivity index is 2.61. The number of carbonyl (C=O) groups is 1. The maximum Gasteiger partial charge on any atom is 0.334 e. The molecule has 20 heavy (non-hydrogen) atoms. The molecule has 6 nitrogen and oxygen atoms in total. The summed E-state index contributed by atoms with van der Waals surface area (Å²) < 4.78 is 1.14. The van der Waals surface area contributed by atoms with E-state index in [9.17, 15) is 14.4 Å². The van der Waals surface area contributed by atoms with Crippen molar-refractivity contribution in [1.82, 2.24) is 9.55 Å². The van der Waals surface area contributed by atoms with Gasteiger partial charge in [0, 0.05) is 11.1 Å². The van der Waals surface area contributed by atoms with Gasteiger partial charge in [0.2, 0.25) is 5.91 Å². The normalized spacial score (nSPS) is 10.3. The van der Waals surface area contributed by atoms with Crippen LogP contribution in [0.25, 0.3) is 5.69 Å². The first-order chi connectivity index (χ1) is 9.51. The molecule has 0 aliphatic carbocycles. The number of H-pyrrole nitrogens is 1. The molecule has 8 heteroatoms. The molecule has 1 heterocycles. The lowest BCUT2D eigenvalue weighted by atomic mass is 10.3. The van der Waals surface area contributed by atoms with Gasteiger partial charge in [0.25, 0.3) is 5.56 Å². The minimum Gasteiger partial charge on any atom is -0.310 e. The van der Waals surface area contributed by atoms with Gasteiger partial charge < -0.3 is 5.32 Å². The number of rotatable bonds is 3. The van der Waals surface area contributed by atoms with Crippen LogP contribution in [0.15, 0.2) is 39.9 Å². The summed E-state index contributed by atoms with van der Waals surface area (Å²) in [5.74, 6) is -0.784. The van der Waals surface area contributed by atoms with Crippen molar-refractivity contribution >= 4 is 34.9 Å². The van der Waals surface area contributed by atoms with Gasteiger partial charge in [0.15, 0.2) is 0 Å². The summed E-state index contributed by atoms with van der Waals surface area (Å²) in [6.45, 7) is 0. The molecule has 1 aromatic heterocycles. The van der Waals surface area contributed by atoms with Crippen LogP contribution in [0.1, 0.15) is 0 Å². The molecule has 0 radical (unpaired) electrons. The molecule has 2 rings (SSSR count). The number of carbonyl (C=O) groups excluding carboxylic acids is 1. The summed E-state index contributed by atoms with van der Waals surface area (Å²) in [5.41, 5.74) is -0.852. The van der Waals surface area contributed by atoms with E-state index in [0.717, 1.165) is 10.6 Å². The van der Waals surface area contributed by atoms with E-state index >= 15 is 0 Å². The zero-order valence-electron chi connectivity index (χ0n) is 10.0. The molecule has 1 amide bonds. The smallest absolute Gasteiger partial charge is 0.310 e. The molecule has 0 aliphatic heterocycles. The Labute approximate surface area is 123 Å². The van der Waals surface area contributed by atoms with Gasteiger partial charge in [0.05, 0.1) is 5.69 Å². The minimum absolute atomic E-state index is 0.0340. The second kappa shape index (κ2) is 5.94. The number of nitrogens with zero attached hydrogens (tertiary/aromatic N) is 1. The van der Waals surface area contributed by atoms with Crippen molar-refractivity contribution in [3.05, 3.63) is 56.2 Å². The number of hydrogen-bond acceptors (Lipinski definition) is 3. The maximum absolute atomic E-state index is 11.9. The first kappa shape index (κ1) is 14.4. The number of benzene rings is 1. The molecular formula is C12H9Cl2N3O3. The van der Waals surface area contributed by atoms with Crippen LogP contribution in [0.3, 0.4) is 0 Å². The van der Waals surface area contributed by atoms with Gasteiger partial charge in [-0.25, -0.2) is 9.36 Å². The number of aromatic nitrogens is 2. The van der Waals surface area contributed by atoms with Crippen LogP contribution < -0.4 is 16.6 Å². The van der Waals surface area contributed by atoms with Crippen molar-refractivity contribution in [1.29, 1.82) is 0 Å². The second-order valence-corrected chi connectivity index (χ2v) is 4.52. The predicted octanol–water partition coefficient (Wildman–Crippen LogP) is 1.36. The molecule has 1 aromatic carbocycles. The average molecular weight is 314 g/mol. The van der Waals surface area contributed by atoms with Crippen molar-refractivity contribution in [2.75, 3.05) is 11.2 Å². The molecule has 2 aromatic rings. The van der Waals surface area contributed by atoms with Crippen LogP contribution in [0.4, 0.5) is 5.82 Å². The van der Waals surface area contributed by atoms with Gasteiger partial charge >= 0.3 is 5.69 Å². The fourth-order valence-electron chi connectivity index (χ4n) is 1.61. The fraction of sp³-hybridized carbons (Fsp3) is 0.0833. The van der Waals surface area contributed by atoms with Crippen molar-refractivity contribution in [2.45, 2.75) is 0 Å². The van der Waals surface area contributed by atoms with E-state index in [0.29, 0.717) is 10.7 Å². The number of amides is 1. The van der Waals surface area contributed by atoms with E-state index in [1.165, 1.54) is 0 Å². The number of halogens is 2. The third-order valence-electron chi connectivity index (χ3n) is 2.42. The molecule has 104 valence electrons. The molecule has 0 saturated heterocycles. The Morgan fingerprint density at radius 3 is 2.50 bits per heavy atom. The molecular weight excluding hydrogens is 305 g/mol. The lowest BCUT2D eigenvalue weighted by Crippen LogP contribution is -2.32. The van der Waals surface area contributed by atoms with E-state index in [1.807, 2.05) is 0 Å². The Morgan fingerprint density at radius 2 is 1.90 bits per heavy atom. The third kappa shape index (κ3) is 3.09. The van der Waals surface area contributed by atoms with Crippen LogP contribution >= 0.6 is 23.2 Å². The first-order valence-corrected chi connectivity index (χ1v) is 6.40. The number of hydrogen-bond donors (Lipinski definition) is 2. The summed E-state index contributed by atoms with van der Waals surface area (Å²) in [7, 11) is 0. The molecule has 2 N–H and O–H groups in total. The van der Waals surface area contributed by atoms with Gasteiger partial charge in [-0.2, -0.15) is 0 Å². The number of anilines is 1. The van der Waals surface area contributed by atoms with Gasteiger partial charge in [-0.15, -0.1) is 11.6 Å². The third-order valence-corrected chi connectivity index (χ3v) is 2.91. The SMILES string of the molecule is O=C(CCl)Nc1cc(=O)[nH]c(=O)n1-c1ccc(Cl)cc1. The molecule has 0 unspecified atom stereocenters. The van der Waals surface area contributed by atoms with Crippen LogP contribution in [0.5, 0.6) is 0 Å². The zero-order valence-corrected chi connectivity index (χ0v) is 11.5. The Bertz CT molecular complexity index is 750. The monoisotopic (exact) mass is 313 g/mol. The molecule has 0 saturated carbocycles. The number of nitrogens with one attached hydrogen (secondary N) is 2. The lowest BCUT2D eigenvalue weighted by Gasteiger charge is -2.12. The molecule has 0 bridgehead atoms. The van der Waals surface area contributed by atoms with Gasteiger partial charge in [-0.05, 0) is 24.3 Å². The van der Waals surface area contributed by atoms with Gasteiger partial charge in [0.1, 0.15) is 11.7 Å². The zero-order chi connectivity index (χ0) is 14.7. The van der Waals surface area contributed by atoms with E-state index in [2.05, 4.69) is 10.3 Å². The summed E-state index contributed by atoms with van der Waals surface area (Å²) in [4.78, 5) is 36.7. The highest BCUT2D eigenvalue weighted by atomic mass is 35.5. The Hall–Kier alpha value is -2.05. The number of aromatic amines is 1. The highest BCUT2D eigenvalue weighted by molar-refractivity contribution is 6.30. The molecule has 0 spiro atoms. The van der Waals surface area contributed by atoms with Crippen LogP contribution in [-0.4, -0.2) is 21.3 Å². The Morgan fingerprint density at radius 1 is 1.25 bits per heavy atom. The van der Waals surface area contributed by atoms with E-state index < -0.39 is 17.2 Å². The summed E-state index contributed by atoms with van der Waals surface area (Å²) >= 11 is 11.2. The molecule has 0 fully saturated rings. The standard InChI is InChI=1S/C12H9Cl2N3O3/c13-6-11(19)15-9-5-10(18)16-12(20)17(9)8-3-1-7(14)2-4-8/h1-5H,6H2,(H,15,19)(H,16,18,20). The van der Waals surface area contributed by atoms with Crippen molar-refractivity contribution in [3.8, 4) is 5.69 Å². The van der Waals surface area contributed by atoms with E-state index in [4.69, 9.17) is 23.2 Å². The highest BCUT2D eigenvalue weighted by Crippen LogP contribution is 2.15. The maximum atomic E-state index is 11.9. The first-order valence-electron chi connectivity index (χ1n) is 5.49. The summed E-state index contributed by atoms with van der Waals surface area (Å²) in [6.07, 6.45) is 0. The van der Waals surface area contributed by atoms with Gasteiger partial charge in [-0.3, -0.25) is 14.6 Å². The van der Waals surface area contributed by atoms with E-state index in [-0.39, 0.29) is 11.7 Å². The lowest BCUT2D eigenvalue weighted by molar-refractivity contribution is -0.113. The van der Waals surface area contributed by atoms with E-state index in [1.54, 1.807) is 24.3 Å². The largest absolute Gasteiger partial charge is 0.334 e. The average Bonchev–Trinajstić information content (AvgIpc) is 2.40. The van der Waals surface area contributed by atoms with Crippen LogP contribution in [-0.2, 0) is 4.79 Å². The molecule has 0 aliphatic rings. The van der Waals surface area contributed by atoms with Gasteiger partial charge in [-0.1, -0.05) is 11.6 Å². The Kier molecular flexibility index (Phi) is 4.26.